The van der Waals surface area contributed by atoms with Gasteiger partial charge in [-0.25, -0.2) is 0 Å². The summed E-state index contributed by atoms with van der Waals surface area (Å²) in [7, 11) is 1.76. The summed E-state index contributed by atoms with van der Waals surface area (Å²) in [5.41, 5.74) is 0. The molecule has 0 aliphatic carbocycles. The predicted molar refractivity (Wildman–Crippen MR) is 64.2 cm³/mol. The molecular weight excluding hydrogens is 188 g/mol. The summed E-state index contributed by atoms with van der Waals surface area (Å²) < 4.78 is 5.19. The minimum absolute atomic E-state index is 0.323. The van der Waals surface area contributed by atoms with Crippen molar-refractivity contribution in [1.82, 2.24) is 10.2 Å². The van der Waals surface area contributed by atoms with Crippen LogP contribution < -0.4 is 5.32 Å². The third-order valence-corrected chi connectivity index (χ3v) is 3.10. The maximum absolute atomic E-state index is 5.19. The molecule has 0 aromatic carbocycles. The number of ether oxygens (including phenoxy) is 1. The smallest absolute Gasteiger partial charge is 0.0667 e. The Hall–Kier alpha value is -0.120. The van der Waals surface area contributed by atoms with E-state index >= 15 is 0 Å². The zero-order valence-electron chi connectivity index (χ0n) is 10.5. The molecule has 1 aliphatic heterocycles. The highest BCUT2D eigenvalue weighted by Gasteiger charge is 2.14. The van der Waals surface area contributed by atoms with Crippen LogP contribution in [0.1, 0.15) is 26.7 Å². The largest absolute Gasteiger partial charge is 0.380 e. The van der Waals surface area contributed by atoms with Crippen LogP contribution in [0.4, 0.5) is 0 Å². The van der Waals surface area contributed by atoms with Crippen molar-refractivity contribution in [2.45, 2.75) is 32.8 Å². The number of likely N-dealkylation sites (tertiary alicyclic amines) is 1. The normalized spacial score (nSPS) is 21.8. The zero-order valence-corrected chi connectivity index (χ0v) is 10.5. The molecule has 0 aromatic heterocycles. The maximum atomic E-state index is 5.19. The van der Waals surface area contributed by atoms with Gasteiger partial charge in [0, 0.05) is 20.2 Å². The maximum Gasteiger partial charge on any atom is 0.0667 e. The molecule has 15 heavy (non-hydrogen) atoms. The van der Waals surface area contributed by atoms with Crippen LogP contribution in [-0.4, -0.2) is 50.8 Å². The lowest BCUT2D eigenvalue weighted by Gasteiger charge is -2.21. The van der Waals surface area contributed by atoms with Gasteiger partial charge in [0.05, 0.1) is 6.10 Å². The van der Waals surface area contributed by atoms with Crippen LogP contribution in [0.5, 0.6) is 0 Å². The van der Waals surface area contributed by atoms with Crippen molar-refractivity contribution < 1.29 is 4.74 Å². The van der Waals surface area contributed by atoms with E-state index in [-0.39, 0.29) is 0 Å². The van der Waals surface area contributed by atoms with Gasteiger partial charge in [0.1, 0.15) is 0 Å². The first-order valence-corrected chi connectivity index (χ1v) is 6.18. The Labute approximate surface area is 94.2 Å². The van der Waals surface area contributed by atoms with Gasteiger partial charge >= 0.3 is 0 Å². The van der Waals surface area contributed by atoms with Crippen molar-refractivity contribution in [1.29, 1.82) is 0 Å². The molecule has 1 fully saturated rings. The molecule has 2 atom stereocenters. The van der Waals surface area contributed by atoms with Crippen molar-refractivity contribution in [3.05, 3.63) is 0 Å². The third-order valence-electron chi connectivity index (χ3n) is 3.10. The summed E-state index contributed by atoms with van der Waals surface area (Å²) in [6.07, 6.45) is 3.10. The average Bonchev–Trinajstić information content (AvgIpc) is 2.70. The Balaban J connectivity index is 2.00. The van der Waals surface area contributed by atoms with Crippen LogP contribution in [0.2, 0.25) is 0 Å². The summed E-state index contributed by atoms with van der Waals surface area (Å²) >= 11 is 0. The quantitative estimate of drug-likeness (QED) is 0.692. The fourth-order valence-corrected chi connectivity index (χ4v) is 2.09. The molecule has 1 saturated heterocycles. The van der Waals surface area contributed by atoms with Gasteiger partial charge in [0.2, 0.25) is 0 Å². The van der Waals surface area contributed by atoms with Crippen LogP contribution in [0, 0.1) is 5.92 Å². The highest BCUT2D eigenvalue weighted by atomic mass is 16.5. The van der Waals surface area contributed by atoms with E-state index < -0.39 is 0 Å². The number of nitrogens with zero attached hydrogens (tertiary/aromatic N) is 1. The van der Waals surface area contributed by atoms with Gasteiger partial charge < -0.3 is 15.0 Å². The van der Waals surface area contributed by atoms with Gasteiger partial charge in [-0.05, 0) is 45.3 Å². The van der Waals surface area contributed by atoms with Crippen LogP contribution in [0.3, 0.4) is 0 Å². The topological polar surface area (TPSA) is 24.5 Å². The van der Waals surface area contributed by atoms with Gasteiger partial charge in [-0.1, -0.05) is 6.92 Å². The predicted octanol–water partition coefficient (Wildman–Crippen LogP) is 1.34. The molecule has 1 aliphatic rings. The minimum Gasteiger partial charge on any atom is -0.380 e. The molecular formula is C12H26N2O. The molecule has 3 heteroatoms. The Morgan fingerprint density at radius 1 is 1.20 bits per heavy atom. The van der Waals surface area contributed by atoms with Crippen LogP contribution in [-0.2, 0) is 4.74 Å². The molecule has 0 radical (unpaired) electrons. The van der Waals surface area contributed by atoms with Gasteiger partial charge in [-0.2, -0.15) is 0 Å². The van der Waals surface area contributed by atoms with Gasteiger partial charge in [-0.3, -0.25) is 0 Å². The van der Waals surface area contributed by atoms with Gasteiger partial charge in [0.25, 0.3) is 0 Å². The van der Waals surface area contributed by atoms with E-state index in [1.165, 1.54) is 32.5 Å². The molecule has 1 rings (SSSR count). The molecule has 0 saturated carbocycles. The second kappa shape index (κ2) is 7.20. The van der Waals surface area contributed by atoms with Crippen LogP contribution in [0.15, 0.2) is 0 Å². The highest BCUT2D eigenvalue weighted by Crippen LogP contribution is 2.09. The standard InChI is InChI=1S/C12H26N2O/c1-11(8-13-9-12(2)15-3)10-14-6-4-5-7-14/h11-13H,4-10H2,1-3H3. The molecule has 0 aromatic rings. The summed E-state index contributed by atoms with van der Waals surface area (Å²) in [6, 6.07) is 0. The Morgan fingerprint density at radius 3 is 2.47 bits per heavy atom. The first-order valence-electron chi connectivity index (χ1n) is 6.18. The molecule has 90 valence electrons. The number of rotatable bonds is 7. The van der Waals surface area contributed by atoms with E-state index in [1.54, 1.807) is 7.11 Å². The molecule has 0 spiro atoms. The second-order valence-corrected chi connectivity index (χ2v) is 4.82. The summed E-state index contributed by atoms with van der Waals surface area (Å²) in [5.74, 6) is 0.743. The average molecular weight is 214 g/mol. The molecule has 0 bridgehead atoms. The lowest BCUT2D eigenvalue weighted by atomic mass is 10.1. The van der Waals surface area contributed by atoms with Crippen molar-refractivity contribution in [2.24, 2.45) is 5.92 Å². The fraction of sp³-hybridized carbons (Fsp3) is 1.00. The molecule has 2 unspecified atom stereocenters. The Bertz CT molecular complexity index is 158. The molecule has 0 amide bonds. The van der Waals surface area contributed by atoms with Gasteiger partial charge in [0.15, 0.2) is 0 Å². The highest BCUT2D eigenvalue weighted by molar-refractivity contribution is 4.70. The number of nitrogens with one attached hydrogen (secondary N) is 1. The van der Waals surface area contributed by atoms with Crippen molar-refractivity contribution in [3.8, 4) is 0 Å². The summed E-state index contributed by atoms with van der Waals surface area (Å²) in [4.78, 5) is 2.58. The van der Waals surface area contributed by atoms with Crippen molar-refractivity contribution >= 4 is 0 Å². The number of methoxy groups -OCH3 is 1. The second-order valence-electron chi connectivity index (χ2n) is 4.82. The number of hydrogen-bond acceptors (Lipinski definition) is 3. The number of hydrogen-bond donors (Lipinski definition) is 1. The monoisotopic (exact) mass is 214 g/mol. The lowest BCUT2D eigenvalue weighted by Crippen LogP contribution is -2.34. The Kier molecular flexibility index (Phi) is 6.22. The third kappa shape index (κ3) is 5.50. The lowest BCUT2D eigenvalue weighted by molar-refractivity contribution is 0.116. The molecule has 3 nitrogen and oxygen atoms in total. The van der Waals surface area contributed by atoms with E-state index in [4.69, 9.17) is 4.74 Å². The fourth-order valence-electron chi connectivity index (χ4n) is 2.09. The van der Waals surface area contributed by atoms with Crippen molar-refractivity contribution in [3.63, 3.8) is 0 Å². The summed E-state index contributed by atoms with van der Waals surface area (Å²) in [5, 5.41) is 3.46. The molecule has 1 heterocycles. The SMILES string of the molecule is COC(C)CNCC(C)CN1CCCC1. The summed E-state index contributed by atoms with van der Waals surface area (Å²) in [6.45, 7) is 10.3. The van der Waals surface area contributed by atoms with Crippen molar-refractivity contribution in [2.75, 3.05) is 39.8 Å². The van der Waals surface area contributed by atoms with E-state index in [0.29, 0.717) is 6.10 Å². The zero-order chi connectivity index (χ0) is 11.1. The van der Waals surface area contributed by atoms with E-state index in [2.05, 4.69) is 24.1 Å². The molecule has 1 N–H and O–H groups in total. The Morgan fingerprint density at radius 2 is 1.87 bits per heavy atom. The van der Waals surface area contributed by atoms with Crippen LogP contribution >= 0.6 is 0 Å². The van der Waals surface area contributed by atoms with Gasteiger partial charge in [-0.15, -0.1) is 0 Å². The van der Waals surface area contributed by atoms with E-state index in [0.717, 1.165) is 19.0 Å². The van der Waals surface area contributed by atoms with E-state index in [1.807, 2.05) is 0 Å². The minimum atomic E-state index is 0.323. The first kappa shape index (κ1) is 12.9. The first-order chi connectivity index (χ1) is 7.22. The van der Waals surface area contributed by atoms with E-state index in [9.17, 15) is 0 Å². The van der Waals surface area contributed by atoms with Crippen LogP contribution in [0.25, 0.3) is 0 Å².